The Labute approximate surface area is 80.1 Å². The molecule has 2 atom stereocenters. The topological polar surface area (TPSA) is 12.0 Å². The van der Waals surface area contributed by atoms with E-state index in [1.807, 2.05) is 0 Å². The van der Waals surface area contributed by atoms with Gasteiger partial charge < -0.3 is 5.32 Å². The maximum atomic E-state index is 13.7. The minimum Gasteiger partial charge on any atom is -0.314 e. The molecule has 76 valence electrons. The molecular formula is C11H20FN. The van der Waals surface area contributed by atoms with Crippen molar-refractivity contribution in [3.8, 4) is 0 Å². The molecule has 13 heavy (non-hydrogen) atoms. The van der Waals surface area contributed by atoms with Gasteiger partial charge in [0.25, 0.3) is 0 Å². The summed E-state index contributed by atoms with van der Waals surface area (Å²) in [6, 6.07) is 0.482. The standard InChI is InChI=1S/C11H20FN/c12-11(9-4-1-2-5-9)8-10-6-3-7-13-10/h9-11,13H,1-8H2. The molecule has 0 spiro atoms. The molecule has 1 saturated heterocycles. The molecule has 2 unspecified atom stereocenters. The van der Waals surface area contributed by atoms with Gasteiger partial charge in [-0.25, -0.2) is 4.39 Å². The Kier molecular flexibility index (Phi) is 3.20. The van der Waals surface area contributed by atoms with Crippen LogP contribution in [-0.2, 0) is 0 Å². The van der Waals surface area contributed by atoms with Crippen LogP contribution in [0.1, 0.15) is 44.9 Å². The lowest BCUT2D eigenvalue weighted by atomic mass is 9.96. The minimum absolute atomic E-state index is 0.391. The molecule has 2 rings (SSSR count). The second kappa shape index (κ2) is 4.41. The molecule has 1 N–H and O–H groups in total. The molecule has 0 aromatic rings. The highest BCUT2D eigenvalue weighted by atomic mass is 19.1. The van der Waals surface area contributed by atoms with E-state index < -0.39 is 6.17 Å². The Hall–Kier alpha value is -0.110. The molecule has 0 bridgehead atoms. The van der Waals surface area contributed by atoms with Gasteiger partial charge in [-0.1, -0.05) is 12.8 Å². The predicted octanol–water partition coefficient (Wildman–Crippen LogP) is 2.66. The fraction of sp³-hybridized carbons (Fsp3) is 1.00. The molecule has 1 aliphatic heterocycles. The lowest BCUT2D eigenvalue weighted by molar-refractivity contribution is 0.200. The van der Waals surface area contributed by atoms with Crippen LogP contribution in [0.2, 0.25) is 0 Å². The summed E-state index contributed by atoms with van der Waals surface area (Å²) in [4.78, 5) is 0. The van der Waals surface area contributed by atoms with E-state index in [2.05, 4.69) is 5.32 Å². The molecule has 0 aromatic carbocycles. The van der Waals surface area contributed by atoms with Gasteiger partial charge in [-0.2, -0.15) is 0 Å². The van der Waals surface area contributed by atoms with Crippen LogP contribution in [0.5, 0.6) is 0 Å². The minimum atomic E-state index is -0.530. The van der Waals surface area contributed by atoms with Gasteiger partial charge in [0.05, 0.1) is 0 Å². The maximum absolute atomic E-state index is 13.7. The molecule has 0 radical (unpaired) electrons. The summed E-state index contributed by atoms with van der Waals surface area (Å²) in [6.07, 6.45) is 7.44. The van der Waals surface area contributed by atoms with Crippen molar-refractivity contribution in [2.75, 3.05) is 6.54 Å². The van der Waals surface area contributed by atoms with Crippen LogP contribution in [0.15, 0.2) is 0 Å². The summed E-state index contributed by atoms with van der Waals surface area (Å²) >= 11 is 0. The van der Waals surface area contributed by atoms with E-state index >= 15 is 0 Å². The van der Waals surface area contributed by atoms with Crippen molar-refractivity contribution in [2.45, 2.75) is 57.2 Å². The molecule has 0 aromatic heterocycles. The number of rotatable bonds is 3. The highest BCUT2D eigenvalue weighted by Gasteiger charge is 2.28. The van der Waals surface area contributed by atoms with E-state index in [4.69, 9.17) is 0 Å². The molecule has 2 heteroatoms. The van der Waals surface area contributed by atoms with Crippen LogP contribution >= 0.6 is 0 Å². The van der Waals surface area contributed by atoms with Crippen LogP contribution in [0.3, 0.4) is 0 Å². The SMILES string of the molecule is FC(CC1CCCN1)C1CCCC1. The van der Waals surface area contributed by atoms with Gasteiger partial charge in [0, 0.05) is 6.04 Å². The summed E-state index contributed by atoms with van der Waals surface area (Å²) in [5.41, 5.74) is 0. The van der Waals surface area contributed by atoms with Crippen molar-refractivity contribution < 1.29 is 4.39 Å². The van der Waals surface area contributed by atoms with Crippen LogP contribution in [0.25, 0.3) is 0 Å². The van der Waals surface area contributed by atoms with Gasteiger partial charge >= 0.3 is 0 Å². The van der Waals surface area contributed by atoms with E-state index in [0.29, 0.717) is 12.0 Å². The number of alkyl halides is 1. The molecule has 1 nitrogen and oxygen atoms in total. The van der Waals surface area contributed by atoms with Gasteiger partial charge in [-0.15, -0.1) is 0 Å². The lowest BCUT2D eigenvalue weighted by Crippen LogP contribution is -2.27. The van der Waals surface area contributed by atoms with Crippen molar-refractivity contribution in [1.82, 2.24) is 5.32 Å². The number of halogens is 1. The molecule has 1 saturated carbocycles. The van der Waals surface area contributed by atoms with Crippen molar-refractivity contribution in [3.05, 3.63) is 0 Å². The third-order valence-electron chi connectivity index (χ3n) is 3.58. The second-order valence-corrected chi connectivity index (χ2v) is 4.59. The fourth-order valence-corrected chi connectivity index (χ4v) is 2.74. The zero-order valence-corrected chi connectivity index (χ0v) is 8.27. The third kappa shape index (κ3) is 2.43. The molecule has 1 aliphatic carbocycles. The van der Waals surface area contributed by atoms with E-state index in [-0.39, 0.29) is 0 Å². The van der Waals surface area contributed by atoms with E-state index in [1.54, 1.807) is 0 Å². The van der Waals surface area contributed by atoms with Crippen molar-refractivity contribution >= 4 is 0 Å². The predicted molar refractivity (Wildman–Crippen MR) is 52.5 cm³/mol. The first-order valence-corrected chi connectivity index (χ1v) is 5.74. The third-order valence-corrected chi connectivity index (χ3v) is 3.58. The van der Waals surface area contributed by atoms with Gasteiger partial charge in [-0.3, -0.25) is 0 Å². The van der Waals surface area contributed by atoms with Gasteiger partial charge in [-0.05, 0) is 44.6 Å². The number of nitrogens with one attached hydrogen (secondary N) is 1. The van der Waals surface area contributed by atoms with Gasteiger partial charge in [0.15, 0.2) is 0 Å². The molecule has 2 aliphatic rings. The first kappa shape index (κ1) is 9.45. The number of hydrogen-bond donors (Lipinski definition) is 1. The quantitative estimate of drug-likeness (QED) is 0.712. The average Bonchev–Trinajstić information content (AvgIpc) is 2.74. The largest absolute Gasteiger partial charge is 0.314 e. The summed E-state index contributed by atoms with van der Waals surface area (Å²) in [6.45, 7) is 1.10. The normalized spacial score (nSPS) is 32.5. The van der Waals surface area contributed by atoms with E-state index in [0.717, 1.165) is 25.8 Å². The number of hydrogen-bond acceptors (Lipinski definition) is 1. The highest BCUT2D eigenvalue weighted by molar-refractivity contribution is 4.82. The van der Waals surface area contributed by atoms with Crippen molar-refractivity contribution in [2.24, 2.45) is 5.92 Å². The molecule has 1 heterocycles. The molecule has 2 fully saturated rings. The van der Waals surface area contributed by atoms with Gasteiger partial charge in [0.1, 0.15) is 6.17 Å². The monoisotopic (exact) mass is 185 g/mol. The Balaban J connectivity index is 1.73. The molecular weight excluding hydrogens is 165 g/mol. The summed E-state index contributed by atoms with van der Waals surface area (Å²) < 4.78 is 13.7. The Morgan fingerprint density at radius 2 is 1.92 bits per heavy atom. The smallest absolute Gasteiger partial charge is 0.104 e. The fourth-order valence-electron chi connectivity index (χ4n) is 2.74. The highest BCUT2D eigenvalue weighted by Crippen LogP contribution is 2.32. The van der Waals surface area contributed by atoms with Crippen molar-refractivity contribution in [1.29, 1.82) is 0 Å². The van der Waals surface area contributed by atoms with Crippen molar-refractivity contribution in [3.63, 3.8) is 0 Å². The van der Waals surface area contributed by atoms with E-state index in [1.165, 1.54) is 25.7 Å². The van der Waals surface area contributed by atoms with Gasteiger partial charge in [0.2, 0.25) is 0 Å². The zero-order valence-electron chi connectivity index (χ0n) is 8.27. The lowest BCUT2D eigenvalue weighted by Gasteiger charge is -2.18. The second-order valence-electron chi connectivity index (χ2n) is 4.59. The van der Waals surface area contributed by atoms with Crippen LogP contribution in [0.4, 0.5) is 4.39 Å². The van der Waals surface area contributed by atoms with Crippen LogP contribution < -0.4 is 5.32 Å². The summed E-state index contributed by atoms with van der Waals surface area (Å²) in [5.74, 6) is 0.391. The Bertz CT molecular complexity index is 148. The summed E-state index contributed by atoms with van der Waals surface area (Å²) in [7, 11) is 0. The first-order chi connectivity index (χ1) is 6.36. The van der Waals surface area contributed by atoms with Crippen LogP contribution in [-0.4, -0.2) is 18.8 Å². The Morgan fingerprint density at radius 1 is 1.15 bits per heavy atom. The average molecular weight is 185 g/mol. The molecule has 0 amide bonds. The first-order valence-electron chi connectivity index (χ1n) is 5.74. The summed E-state index contributed by atoms with van der Waals surface area (Å²) in [5, 5.41) is 3.37. The van der Waals surface area contributed by atoms with Crippen LogP contribution in [0, 0.1) is 5.92 Å². The van der Waals surface area contributed by atoms with E-state index in [9.17, 15) is 4.39 Å². The zero-order chi connectivity index (χ0) is 9.10. The Morgan fingerprint density at radius 3 is 2.54 bits per heavy atom. The maximum Gasteiger partial charge on any atom is 0.104 e.